The molecule has 1 N–H and O–H groups in total. The summed E-state index contributed by atoms with van der Waals surface area (Å²) < 4.78 is 5.38. The third kappa shape index (κ3) is 1.63. The minimum atomic E-state index is -1.02. The van der Waals surface area contributed by atoms with Gasteiger partial charge in [0.15, 0.2) is 6.10 Å². The van der Waals surface area contributed by atoms with Gasteiger partial charge < -0.3 is 9.84 Å². The fourth-order valence-corrected chi connectivity index (χ4v) is 1.66. The van der Waals surface area contributed by atoms with Gasteiger partial charge >= 0.3 is 0 Å². The standard InChI is InChI=1S/C11H11NO2/c12-6-10(13)11-5-8-3-1-2-4-9(8)7-14-11/h1-4,10-11,13H,5,7H2/t10-,11-/m1/s1. The molecule has 0 fully saturated rings. The molecule has 0 aromatic heterocycles. The van der Waals surface area contributed by atoms with E-state index in [1.165, 1.54) is 0 Å². The second-order valence-electron chi connectivity index (χ2n) is 3.40. The van der Waals surface area contributed by atoms with Gasteiger partial charge in [0.2, 0.25) is 0 Å². The van der Waals surface area contributed by atoms with Gasteiger partial charge in [-0.25, -0.2) is 0 Å². The Morgan fingerprint density at radius 2 is 2.14 bits per heavy atom. The highest BCUT2D eigenvalue weighted by Gasteiger charge is 2.24. The van der Waals surface area contributed by atoms with Gasteiger partial charge in [-0.1, -0.05) is 24.3 Å². The minimum Gasteiger partial charge on any atom is -0.375 e. The summed E-state index contributed by atoms with van der Waals surface area (Å²) in [7, 11) is 0. The van der Waals surface area contributed by atoms with Crippen LogP contribution in [0.1, 0.15) is 11.1 Å². The SMILES string of the molecule is N#C[C@@H](O)[C@H]1Cc2ccccc2CO1. The van der Waals surface area contributed by atoms with Gasteiger partial charge in [-0.15, -0.1) is 0 Å². The Hall–Kier alpha value is -1.37. The molecule has 1 heterocycles. The van der Waals surface area contributed by atoms with Gasteiger partial charge in [0.25, 0.3) is 0 Å². The number of hydrogen-bond donors (Lipinski definition) is 1. The van der Waals surface area contributed by atoms with Gasteiger partial charge in [-0.05, 0) is 11.1 Å². The van der Waals surface area contributed by atoms with E-state index >= 15 is 0 Å². The maximum Gasteiger partial charge on any atom is 0.166 e. The molecule has 1 aliphatic heterocycles. The molecule has 1 aliphatic rings. The van der Waals surface area contributed by atoms with Crippen molar-refractivity contribution >= 4 is 0 Å². The number of nitriles is 1. The largest absolute Gasteiger partial charge is 0.375 e. The molecule has 0 aliphatic carbocycles. The van der Waals surface area contributed by atoms with Crippen LogP contribution in [-0.4, -0.2) is 17.3 Å². The van der Waals surface area contributed by atoms with Crippen molar-refractivity contribution in [2.75, 3.05) is 0 Å². The van der Waals surface area contributed by atoms with Crippen molar-refractivity contribution in [3.05, 3.63) is 35.4 Å². The van der Waals surface area contributed by atoms with Crippen LogP contribution in [0.15, 0.2) is 24.3 Å². The van der Waals surface area contributed by atoms with Crippen LogP contribution in [0.3, 0.4) is 0 Å². The van der Waals surface area contributed by atoms with E-state index in [4.69, 9.17) is 10.00 Å². The van der Waals surface area contributed by atoms with Crippen molar-refractivity contribution in [3.8, 4) is 6.07 Å². The minimum absolute atomic E-state index is 0.380. The molecule has 2 rings (SSSR count). The number of hydrogen-bond acceptors (Lipinski definition) is 3. The van der Waals surface area contributed by atoms with E-state index in [0.717, 1.165) is 11.1 Å². The average Bonchev–Trinajstić information content (AvgIpc) is 2.27. The van der Waals surface area contributed by atoms with Crippen LogP contribution in [0.4, 0.5) is 0 Å². The lowest BCUT2D eigenvalue weighted by Gasteiger charge is -2.25. The first-order valence-electron chi connectivity index (χ1n) is 4.57. The highest BCUT2D eigenvalue weighted by molar-refractivity contribution is 5.29. The molecule has 1 aromatic rings. The first kappa shape index (κ1) is 9.20. The van der Waals surface area contributed by atoms with Crippen LogP contribution in [0.5, 0.6) is 0 Å². The van der Waals surface area contributed by atoms with Crippen molar-refractivity contribution in [1.29, 1.82) is 5.26 Å². The number of benzene rings is 1. The second kappa shape index (κ2) is 3.79. The number of aliphatic hydroxyl groups is 1. The van der Waals surface area contributed by atoms with E-state index < -0.39 is 6.10 Å². The smallest absolute Gasteiger partial charge is 0.166 e. The topological polar surface area (TPSA) is 53.2 Å². The molecule has 0 bridgehead atoms. The van der Waals surface area contributed by atoms with E-state index in [-0.39, 0.29) is 6.10 Å². The molecule has 14 heavy (non-hydrogen) atoms. The molecule has 0 saturated carbocycles. The van der Waals surface area contributed by atoms with Crippen LogP contribution < -0.4 is 0 Å². The molecule has 2 atom stereocenters. The number of ether oxygens (including phenoxy) is 1. The van der Waals surface area contributed by atoms with Crippen molar-refractivity contribution in [1.82, 2.24) is 0 Å². The molecule has 1 aromatic carbocycles. The van der Waals surface area contributed by atoms with E-state index in [1.807, 2.05) is 24.3 Å². The van der Waals surface area contributed by atoms with Crippen LogP contribution >= 0.6 is 0 Å². The summed E-state index contributed by atoms with van der Waals surface area (Å²) in [5.41, 5.74) is 2.31. The van der Waals surface area contributed by atoms with Gasteiger partial charge in [-0.3, -0.25) is 0 Å². The predicted octanol–water partition coefficient (Wildman–Crippen LogP) is 1.01. The maximum atomic E-state index is 9.32. The maximum absolute atomic E-state index is 9.32. The van der Waals surface area contributed by atoms with Crippen molar-refractivity contribution in [2.45, 2.75) is 25.2 Å². The van der Waals surface area contributed by atoms with Crippen molar-refractivity contribution < 1.29 is 9.84 Å². The molecule has 0 amide bonds. The predicted molar refractivity (Wildman–Crippen MR) is 50.3 cm³/mol. The van der Waals surface area contributed by atoms with Gasteiger partial charge in [-0.2, -0.15) is 5.26 Å². The Morgan fingerprint density at radius 1 is 1.43 bits per heavy atom. The molecular formula is C11H11NO2. The fraction of sp³-hybridized carbons (Fsp3) is 0.364. The normalized spacial score (nSPS) is 22.1. The summed E-state index contributed by atoms with van der Waals surface area (Å²) in [4.78, 5) is 0. The summed E-state index contributed by atoms with van der Waals surface area (Å²) in [5.74, 6) is 0. The Labute approximate surface area is 82.6 Å². The summed E-state index contributed by atoms with van der Waals surface area (Å²) in [6.45, 7) is 0.486. The fourth-order valence-electron chi connectivity index (χ4n) is 1.66. The van der Waals surface area contributed by atoms with Crippen LogP contribution in [0.25, 0.3) is 0 Å². The molecule has 0 saturated heterocycles. The first-order valence-corrected chi connectivity index (χ1v) is 4.57. The zero-order valence-corrected chi connectivity index (χ0v) is 7.68. The Bertz CT molecular complexity index is 370. The first-order chi connectivity index (χ1) is 6.81. The van der Waals surface area contributed by atoms with E-state index in [1.54, 1.807) is 6.07 Å². The van der Waals surface area contributed by atoms with Crippen LogP contribution in [-0.2, 0) is 17.8 Å². The average molecular weight is 189 g/mol. The second-order valence-corrected chi connectivity index (χ2v) is 3.40. The summed E-state index contributed by atoms with van der Waals surface area (Å²) in [6.07, 6.45) is -0.788. The zero-order chi connectivity index (χ0) is 9.97. The van der Waals surface area contributed by atoms with Crippen molar-refractivity contribution in [2.24, 2.45) is 0 Å². The molecule has 3 heteroatoms. The summed E-state index contributed by atoms with van der Waals surface area (Å²) in [5, 5.41) is 17.9. The monoisotopic (exact) mass is 189 g/mol. The highest BCUT2D eigenvalue weighted by atomic mass is 16.5. The van der Waals surface area contributed by atoms with Gasteiger partial charge in [0, 0.05) is 6.42 Å². The summed E-state index contributed by atoms with van der Waals surface area (Å²) >= 11 is 0. The lowest BCUT2D eigenvalue weighted by atomic mass is 9.97. The number of nitrogens with zero attached hydrogens (tertiary/aromatic N) is 1. The molecule has 0 radical (unpaired) electrons. The van der Waals surface area contributed by atoms with E-state index in [0.29, 0.717) is 13.0 Å². The Balaban J connectivity index is 2.18. The highest BCUT2D eigenvalue weighted by Crippen LogP contribution is 2.21. The molecular weight excluding hydrogens is 178 g/mol. The number of rotatable bonds is 1. The third-order valence-electron chi connectivity index (χ3n) is 2.48. The zero-order valence-electron chi connectivity index (χ0n) is 7.68. The van der Waals surface area contributed by atoms with Crippen LogP contribution in [0.2, 0.25) is 0 Å². The Morgan fingerprint density at radius 3 is 2.86 bits per heavy atom. The molecule has 72 valence electrons. The number of aliphatic hydroxyl groups excluding tert-OH is 1. The lowest BCUT2D eigenvalue weighted by molar-refractivity contribution is -0.0323. The molecule has 3 nitrogen and oxygen atoms in total. The van der Waals surface area contributed by atoms with Crippen LogP contribution in [0, 0.1) is 11.3 Å². The summed E-state index contributed by atoms with van der Waals surface area (Å²) in [6, 6.07) is 9.73. The number of fused-ring (bicyclic) bond motifs is 1. The van der Waals surface area contributed by atoms with E-state index in [2.05, 4.69) is 0 Å². The van der Waals surface area contributed by atoms with E-state index in [9.17, 15) is 5.11 Å². The molecule has 0 unspecified atom stereocenters. The lowest BCUT2D eigenvalue weighted by Crippen LogP contribution is -2.33. The molecule has 0 spiro atoms. The quantitative estimate of drug-likeness (QED) is 0.671. The third-order valence-corrected chi connectivity index (χ3v) is 2.48. The van der Waals surface area contributed by atoms with Gasteiger partial charge in [0.1, 0.15) is 6.10 Å². The Kier molecular flexibility index (Phi) is 2.49. The van der Waals surface area contributed by atoms with Gasteiger partial charge in [0.05, 0.1) is 12.7 Å². The van der Waals surface area contributed by atoms with Crippen molar-refractivity contribution in [3.63, 3.8) is 0 Å².